The van der Waals surface area contributed by atoms with Gasteiger partial charge in [-0.25, -0.2) is 0 Å². The van der Waals surface area contributed by atoms with Crippen molar-refractivity contribution in [2.24, 2.45) is 0 Å². The standard InChI is InChI=1S/C14H25N3O2/c1-10(2)17-8-3-4-11(7-9-17)15-12-5-6-13(18)16-14(12)19/h10-12,15H,3-9H2,1-2H3,(H,16,18,19). The lowest BCUT2D eigenvalue weighted by atomic mass is 10.0. The van der Waals surface area contributed by atoms with E-state index >= 15 is 0 Å². The van der Waals surface area contributed by atoms with Crippen LogP contribution >= 0.6 is 0 Å². The molecule has 0 bridgehead atoms. The summed E-state index contributed by atoms with van der Waals surface area (Å²) in [4.78, 5) is 25.3. The lowest BCUT2D eigenvalue weighted by Crippen LogP contribution is -2.53. The highest BCUT2D eigenvalue weighted by atomic mass is 16.2. The third-order valence-electron chi connectivity index (χ3n) is 4.17. The number of carbonyl (C=O) groups is 2. The van der Waals surface area contributed by atoms with Crippen LogP contribution in [0.1, 0.15) is 46.0 Å². The molecule has 2 aliphatic rings. The first-order valence-corrected chi connectivity index (χ1v) is 7.40. The lowest BCUT2D eigenvalue weighted by molar-refractivity contribution is -0.134. The van der Waals surface area contributed by atoms with Crippen LogP contribution in [0.25, 0.3) is 0 Å². The van der Waals surface area contributed by atoms with Crippen LogP contribution in [0, 0.1) is 0 Å². The van der Waals surface area contributed by atoms with E-state index in [1.165, 1.54) is 6.42 Å². The van der Waals surface area contributed by atoms with Crippen molar-refractivity contribution >= 4 is 11.8 Å². The summed E-state index contributed by atoms with van der Waals surface area (Å²) in [6.07, 6.45) is 4.45. The smallest absolute Gasteiger partial charge is 0.243 e. The zero-order chi connectivity index (χ0) is 13.8. The van der Waals surface area contributed by atoms with Gasteiger partial charge in [0.1, 0.15) is 0 Å². The Morgan fingerprint density at radius 3 is 2.68 bits per heavy atom. The molecule has 2 N–H and O–H groups in total. The van der Waals surface area contributed by atoms with Crippen molar-refractivity contribution in [1.82, 2.24) is 15.5 Å². The molecule has 108 valence electrons. The maximum Gasteiger partial charge on any atom is 0.243 e. The van der Waals surface area contributed by atoms with Gasteiger partial charge in [-0.1, -0.05) is 0 Å². The quantitative estimate of drug-likeness (QED) is 0.737. The molecular weight excluding hydrogens is 242 g/mol. The second-order valence-corrected chi connectivity index (χ2v) is 5.93. The predicted octanol–water partition coefficient (Wildman–Crippen LogP) is 0.644. The van der Waals surface area contributed by atoms with Crippen LogP contribution in [0.15, 0.2) is 0 Å². The van der Waals surface area contributed by atoms with Crippen molar-refractivity contribution in [1.29, 1.82) is 0 Å². The van der Waals surface area contributed by atoms with Crippen molar-refractivity contribution < 1.29 is 9.59 Å². The van der Waals surface area contributed by atoms with Crippen LogP contribution in [0.4, 0.5) is 0 Å². The van der Waals surface area contributed by atoms with E-state index < -0.39 is 0 Å². The first-order valence-electron chi connectivity index (χ1n) is 7.40. The summed E-state index contributed by atoms with van der Waals surface area (Å²) in [6.45, 7) is 6.69. The molecule has 2 heterocycles. The second kappa shape index (κ2) is 6.48. The largest absolute Gasteiger partial charge is 0.303 e. The van der Waals surface area contributed by atoms with Crippen LogP contribution in [0.3, 0.4) is 0 Å². The number of nitrogens with one attached hydrogen (secondary N) is 2. The molecule has 2 amide bonds. The van der Waals surface area contributed by atoms with Crippen molar-refractivity contribution in [2.75, 3.05) is 13.1 Å². The zero-order valence-electron chi connectivity index (χ0n) is 11.9. The highest BCUT2D eigenvalue weighted by molar-refractivity contribution is 6.00. The van der Waals surface area contributed by atoms with Crippen molar-refractivity contribution in [3.05, 3.63) is 0 Å². The van der Waals surface area contributed by atoms with Crippen LogP contribution < -0.4 is 10.6 Å². The fraction of sp³-hybridized carbons (Fsp3) is 0.857. The fourth-order valence-corrected chi connectivity index (χ4v) is 2.94. The summed E-state index contributed by atoms with van der Waals surface area (Å²) in [6, 6.07) is 0.801. The minimum Gasteiger partial charge on any atom is -0.303 e. The molecule has 5 heteroatoms. The SMILES string of the molecule is CC(C)N1CCCC(NC2CCC(=O)NC2=O)CC1. The molecule has 2 unspecified atom stereocenters. The van der Waals surface area contributed by atoms with Gasteiger partial charge in [0.05, 0.1) is 6.04 Å². The van der Waals surface area contributed by atoms with Gasteiger partial charge in [-0.2, -0.15) is 0 Å². The van der Waals surface area contributed by atoms with Gasteiger partial charge in [0, 0.05) is 18.5 Å². The van der Waals surface area contributed by atoms with E-state index in [2.05, 4.69) is 29.4 Å². The van der Waals surface area contributed by atoms with Gasteiger partial charge in [-0.3, -0.25) is 14.9 Å². The summed E-state index contributed by atoms with van der Waals surface area (Å²) >= 11 is 0. The average molecular weight is 267 g/mol. The number of hydrogen-bond acceptors (Lipinski definition) is 4. The summed E-state index contributed by atoms with van der Waals surface area (Å²) < 4.78 is 0. The molecular formula is C14H25N3O2. The van der Waals surface area contributed by atoms with E-state index in [1.54, 1.807) is 0 Å². The Kier molecular flexibility index (Phi) is 4.93. The van der Waals surface area contributed by atoms with E-state index in [-0.39, 0.29) is 17.9 Å². The average Bonchev–Trinajstić information content (AvgIpc) is 2.58. The molecule has 0 aliphatic carbocycles. The van der Waals surface area contributed by atoms with E-state index in [0.717, 1.165) is 25.9 Å². The number of rotatable bonds is 3. The molecule has 2 aliphatic heterocycles. The van der Waals surface area contributed by atoms with Gasteiger partial charge in [0.25, 0.3) is 0 Å². The van der Waals surface area contributed by atoms with Crippen LogP contribution in [0.2, 0.25) is 0 Å². The molecule has 0 aromatic carbocycles. The monoisotopic (exact) mass is 267 g/mol. The maximum absolute atomic E-state index is 11.7. The predicted molar refractivity (Wildman–Crippen MR) is 73.7 cm³/mol. The van der Waals surface area contributed by atoms with Gasteiger partial charge in [0.2, 0.25) is 11.8 Å². The molecule has 0 spiro atoms. The first-order chi connectivity index (χ1) is 9.06. The van der Waals surface area contributed by atoms with Crippen molar-refractivity contribution in [2.45, 2.75) is 64.1 Å². The summed E-state index contributed by atoms with van der Waals surface area (Å²) in [5, 5.41) is 5.85. The molecule has 0 aromatic heterocycles. The number of hydrogen-bond donors (Lipinski definition) is 2. The van der Waals surface area contributed by atoms with E-state index in [0.29, 0.717) is 24.9 Å². The number of amides is 2. The summed E-state index contributed by atoms with van der Waals surface area (Å²) in [7, 11) is 0. The third kappa shape index (κ3) is 4.01. The Labute approximate surface area is 115 Å². The number of imide groups is 1. The first kappa shape index (κ1) is 14.5. The topological polar surface area (TPSA) is 61.4 Å². The molecule has 19 heavy (non-hydrogen) atoms. The zero-order valence-corrected chi connectivity index (χ0v) is 11.9. The lowest BCUT2D eigenvalue weighted by Gasteiger charge is -2.27. The molecule has 0 saturated carbocycles. The van der Waals surface area contributed by atoms with Gasteiger partial charge < -0.3 is 10.2 Å². The number of carbonyl (C=O) groups excluding carboxylic acids is 2. The van der Waals surface area contributed by atoms with E-state index in [4.69, 9.17) is 0 Å². The normalized spacial score (nSPS) is 30.3. The molecule has 5 nitrogen and oxygen atoms in total. The molecule has 0 radical (unpaired) electrons. The van der Waals surface area contributed by atoms with Gasteiger partial charge >= 0.3 is 0 Å². The molecule has 2 atom stereocenters. The highest BCUT2D eigenvalue weighted by Gasteiger charge is 2.29. The number of nitrogens with zero attached hydrogens (tertiary/aromatic N) is 1. The Morgan fingerprint density at radius 2 is 2.00 bits per heavy atom. The van der Waals surface area contributed by atoms with Crippen LogP contribution in [-0.4, -0.2) is 47.9 Å². The minimum absolute atomic E-state index is 0.144. The third-order valence-corrected chi connectivity index (χ3v) is 4.17. The molecule has 2 saturated heterocycles. The van der Waals surface area contributed by atoms with Crippen molar-refractivity contribution in [3.8, 4) is 0 Å². The molecule has 2 rings (SSSR count). The Hall–Kier alpha value is -0.940. The Morgan fingerprint density at radius 1 is 1.21 bits per heavy atom. The van der Waals surface area contributed by atoms with Gasteiger partial charge in [0.15, 0.2) is 0 Å². The maximum atomic E-state index is 11.7. The van der Waals surface area contributed by atoms with Crippen molar-refractivity contribution in [3.63, 3.8) is 0 Å². The van der Waals surface area contributed by atoms with Crippen LogP contribution in [-0.2, 0) is 9.59 Å². The van der Waals surface area contributed by atoms with E-state index in [1.807, 2.05) is 0 Å². The summed E-state index contributed by atoms with van der Waals surface area (Å²) in [5.74, 6) is -0.295. The fourth-order valence-electron chi connectivity index (χ4n) is 2.94. The molecule has 0 aromatic rings. The van der Waals surface area contributed by atoms with Crippen LogP contribution in [0.5, 0.6) is 0 Å². The molecule has 2 fully saturated rings. The summed E-state index contributed by atoms with van der Waals surface area (Å²) in [5.41, 5.74) is 0. The van der Waals surface area contributed by atoms with Gasteiger partial charge in [-0.15, -0.1) is 0 Å². The Bertz CT molecular complexity index is 344. The minimum atomic E-state index is -0.187. The van der Waals surface area contributed by atoms with Gasteiger partial charge in [-0.05, 0) is 52.6 Å². The number of likely N-dealkylation sites (tertiary alicyclic amines) is 1. The second-order valence-electron chi connectivity index (χ2n) is 5.93. The Balaban J connectivity index is 1.83. The van der Waals surface area contributed by atoms with E-state index in [9.17, 15) is 9.59 Å². The number of piperidine rings is 1. The highest BCUT2D eigenvalue weighted by Crippen LogP contribution is 2.15.